The molecule has 5 heteroatoms. The SMILES string of the molecule is C[C@@H](N)c1cnccc1C#N.Cl.Cl. The van der Waals surface area contributed by atoms with Crippen molar-refractivity contribution in [2.45, 2.75) is 13.0 Å². The average Bonchev–Trinajstić information content (AvgIpc) is 2.04. The molecule has 0 aliphatic carbocycles. The molecule has 72 valence electrons. The van der Waals surface area contributed by atoms with Gasteiger partial charge >= 0.3 is 0 Å². The van der Waals surface area contributed by atoms with E-state index < -0.39 is 0 Å². The van der Waals surface area contributed by atoms with Crippen LogP contribution in [0, 0.1) is 11.3 Å². The van der Waals surface area contributed by atoms with E-state index in [2.05, 4.69) is 11.1 Å². The fourth-order valence-corrected chi connectivity index (χ4v) is 0.871. The molecule has 1 aromatic heterocycles. The Kier molecular flexibility index (Phi) is 7.54. The van der Waals surface area contributed by atoms with E-state index >= 15 is 0 Å². The number of nitriles is 1. The van der Waals surface area contributed by atoms with Gasteiger partial charge in [-0.05, 0) is 13.0 Å². The normalized spacial score (nSPS) is 10.2. The zero-order valence-electron chi connectivity index (χ0n) is 7.10. The van der Waals surface area contributed by atoms with Crippen molar-refractivity contribution in [3.8, 4) is 6.07 Å². The lowest BCUT2D eigenvalue weighted by Crippen LogP contribution is -2.07. The maximum absolute atomic E-state index is 8.63. The molecule has 0 aromatic carbocycles. The number of pyridine rings is 1. The number of hydrogen-bond donors (Lipinski definition) is 1. The van der Waals surface area contributed by atoms with Gasteiger partial charge in [0.25, 0.3) is 0 Å². The maximum atomic E-state index is 8.63. The van der Waals surface area contributed by atoms with Crippen LogP contribution in [-0.2, 0) is 0 Å². The van der Waals surface area contributed by atoms with Crippen LogP contribution in [0.15, 0.2) is 18.5 Å². The van der Waals surface area contributed by atoms with Crippen LogP contribution in [0.5, 0.6) is 0 Å². The molecule has 0 unspecified atom stereocenters. The summed E-state index contributed by atoms with van der Waals surface area (Å²) in [6.45, 7) is 1.83. The fourth-order valence-electron chi connectivity index (χ4n) is 0.871. The van der Waals surface area contributed by atoms with Crippen LogP contribution in [-0.4, -0.2) is 4.98 Å². The van der Waals surface area contributed by atoms with E-state index in [0.717, 1.165) is 5.56 Å². The molecule has 0 spiro atoms. The lowest BCUT2D eigenvalue weighted by atomic mass is 10.1. The van der Waals surface area contributed by atoms with Gasteiger partial charge in [0.15, 0.2) is 0 Å². The van der Waals surface area contributed by atoms with Crippen molar-refractivity contribution in [2.75, 3.05) is 0 Å². The first-order chi connectivity index (χ1) is 5.25. The minimum absolute atomic E-state index is 0. The third-order valence-corrected chi connectivity index (χ3v) is 1.46. The molecule has 0 fully saturated rings. The molecule has 0 aliphatic heterocycles. The van der Waals surface area contributed by atoms with Crippen LogP contribution < -0.4 is 5.73 Å². The van der Waals surface area contributed by atoms with Crippen molar-refractivity contribution in [3.63, 3.8) is 0 Å². The molecule has 0 bridgehead atoms. The van der Waals surface area contributed by atoms with Crippen LogP contribution in [0.3, 0.4) is 0 Å². The monoisotopic (exact) mass is 219 g/mol. The second-order valence-corrected chi connectivity index (χ2v) is 2.36. The van der Waals surface area contributed by atoms with Crippen LogP contribution in [0.4, 0.5) is 0 Å². The maximum Gasteiger partial charge on any atom is 0.0996 e. The lowest BCUT2D eigenvalue weighted by molar-refractivity contribution is 0.808. The summed E-state index contributed by atoms with van der Waals surface area (Å²) < 4.78 is 0. The van der Waals surface area contributed by atoms with Gasteiger partial charge in [-0.1, -0.05) is 0 Å². The summed E-state index contributed by atoms with van der Waals surface area (Å²) in [5.74, 6) is 0. The lowest BCUT2D eigenvalue weighted by Gasteiger charge is -2.04. The van der Waals surface area contributed by atoms with Gasteiger partial charge < -0.3 is 5.73 Å². The molecule has 0 radical (unpaired) electrons. The summed E-state index contributed by atoms with van der Waals surface area (Å²) in [7, 11) is 0. The second kappa shape index (κ2) is 6.67. The van der Waals surface area contributed by atoms with Gasteiger partial charge in [-0.2, -0.15) is 5.26 Å². The van der Waals surface area contributed by atoms with Gasteiger partial charge in [0.2, 0.25) is 0 Å². The van der Waals surface area contributed by atoms with Crippen LogP contribution in [0.1, 0.15) is 24.1 Å². The van der Waals surface area contributed by atoms with Crippen molar-refractivity contribution < 1.29 is 0 Å². The van der Waals surface area contributed by atoms with Crippen molar-refractivity contribution in [3.05, 3.63) is 29.6 Å². The molecule has 1 heterocycles. The minimum atomic E-state index is -0.127. The zero-order chi connectivity index (χ0) is 8.27. The van der Waals surface area contributed by atoms with Crippen molar-refractivity contribution >= 4 is 24.8 Å². The Morgan fingerprint density at radius 3 is 2.54 bits per heavy atom. The molecule has 0 aliphatic rings. The predicted molar refractivity (Wildman–Crippen MR) is 56.1 cm³/mol. The molecule has 0 saturated heterocycles. The number of nitrogens with zero attached hydrogens (tertiary/aromatic N) is 2. The Labute approximate surface area is 89.8 Å². The molecular weight excluding hydrogens is 209 g/mol. The molecule has 3 nitrogen and oxygen atoms in total. The van der Waals surface area contributed by atoms with Crippen molar-refractivity contribution in [1.82, 2.24) is 4.98 Å². The van der Waals surface area contributed by atoms with Gasteiger partial charge in [-0.15, -0.1) is 24.8 Å². The quantitative estimate of drug-likeness (QED) is 0.784. The van der Waals surface area contributed by atoms with Crippen LogP contribution in [0.25, 0.3) is 0 Å². The molecular formula is C8H11Cl2N3. The first kappa shape index (κ1) is 14.7. The zero-order valence-corrected chi connectivity index (χ0v) is 8.73. The summed E-state index contributed by atoms with van der Waals surface area (Å²) in [5, 5.41) is 8.63. The first-order valence-electron chi connectivity index (χ1n) is 3.35. The Morgan fingerprint density at radius 2 is 2.15 bits per heavy atom. The summed E-state index contributed by atoms with van der Waals surface area (Å²) >= 11 is 0. The largest absolute Gasteiger partial charge is 0.324 e. The number of nitrogens with two attached hydrogens (primary N) is 1. The summed E-state index contributed by atoms with van der Waals surface area (Å²) in [6, 6.07) is 3.60. The molecule has 0 amide bonds. The van der Waals surface area contributed by atoms with Gasteiger partial charge in [-0.3, -0.25) is 4.98 Å². The highest BCUT2D eigenvalue weighted by molar-refractivity contribution is 5.85. The molecule has 1 aromatic rings. The van der Waals surface area contributed by atoms with E-state index in [-0.39, 0.29) is 30.9 Å². The summed E-state index contributed by atoms with van der Waals surface area (Å²) in [4.78, 5) is 3.88. The topological polar surface area (TPSA) is 62.7 Å². The molecule has 1 rings (SSSR count). The van der Waals surface area contributed by atoms with E-state index in [0.29, 0.717) is 5.56 Å². The van der Waals surface area contributed by atoms with E-state index in [1.165, 1.54) is 0 Å². The second-order valence-electron chi connectivity index (χ2n) is 2.36. The highest BCUT2D eigenvalue weighted by atomic mass is 35.5. The highest BCUT2D eigenvalue weighted by Crippen LogP contribution is 2.12. The fraction of sp³-hybridized carbons (Fsp3) is 0.250. The highest BCUT2D eigenvalue weighted by Gasteiger charge is 2.04. The smallest absolute Gasteiger partial charge is 0.0996 e. The van der Waals surface area contributed by atoms with E-state index in [9.17, 15) is 0 Å². The Hall–Kier alpha value is -0.820. The summed E-state index contributed by atoms with van der Waals surface area (Å²) in [5.41, 5.74) is 7.01. The number of aromatic nitrogens is 1. The van der Waals surface area contributed by atoms with Gasteiger partial charge in [0.1, 0.15) is 0 Å². The minimum Gasteiger partial charge on any atom is -0.324 e. The van der Waals surface area contributed by atoms with E-state index in [1.54, 1.807) is 18.5 Å². The van der Waals surface area contributed by atoms with Crippen LogP contribution >= 0.6 is 24.8 Å². The third kappa shape index (κ3) is 3.60. The van der Waals surface area contributed by atoms with Crippen molar-refractivity contribution in [2.24, 2.45) is 5.73 Å². The Morgan fingerprint density at radius 1 is 1.54 bits per heavy atom. The third-order valence-electron chi connectivity index (χ3n) is 1.46. The Balaban J connectivity index is 0. The van der Waals surface area contributed by atoms with Crippen LogP contribution in [0.2, 0.25) is 0 Å². The van der Waals surface area contributed by atoms with Gasteiger partial charge in [0, 0.05) is 24.0 Å². The van der Waals surface area contributed by atoms with Gasteiger partial charge in [0.05, 0.1) is 11.6 Å². The molecule has 2 N–H and O–H groups in total. The van der Waals surface area contributed by atoms with Gasteiger partial charge in [-0.25, -0.2) is 0 Å². The van der Waals surface area contributed by atoms with Crippen molar-refractivity contribution in [1.29, 1.82) is 5.26 Å². The Bertz CT molecular complexity index is 294. The van der Waals surface area contributed by atoms with E-state index in [1.807, 2.05) is 6.92 Å². The molecule has 0 saturated carbocycles. The van der Waals surface area contributed by atoms with E-state index in [4.69, 9.17) is 11.0 Å². The standard InChI is InChI=1S/C8H9N3.2ClH/c1-6(10)8-5-11-3-2-7(8)4-9;;/h2-3,5-6H,10H2,1H3;2*1H/t6-;;/m1../s1. The number of rotatable bonds is 1. The predicted octanol–water partition coefficient (Wildman–Crippen LogP) is 1.82. The molecule has 13 heavy (non-hydrogen) atoms. The first-order valence-corrected chi connectivity index (χ1v) is 3.35. The average molecular weight is 220 g/mol. The summed E-state index contributed by atoms with van der Waals surface area (Å²) in [6.07, 6.45) is 3.22. The molecule has 1 atom stereocenters. The number of halogens is 2. The number of hydrogen-bond acceptors (Lipinski definition) is 3.